The van der Waals surface area contributed by atoms with Crippen LogP contribution in [0.15, 0.2) is 65.3 Å². The number of halogens is 1. The first-order chi connectivity index (χ1) is 13.1. The van der Waals surface area contributed by atoms with Crippen LogP contribution in [0.2, 0.25) is 5.02 Å². The highest BCUT2D eigenvalue weighted by atomic mass is 35.5. The fourth-order valence-electron chi connectivity index (χ4n) is 2.40. The molecule has 0 bridgehead atoms. The number of nitrogens with one attached hydrogen (secondary N) is 1. The van der Waals surface area contributed by atoms with Crippen LogP contribution in [0.3, 0.4) is 0 Å². The van der Waals surface area contributed by atoms with E-state index in [2.05, 4.69) is 9.46 Å². The number of aliphatic hydroxyl groups excluding tert-OH is 1. The smallest absolute Gasteiger partial charge is 0.337 e. The van der Waals surface area contributed by atoms with Crippen molar-refractivity contribution >= 4 is 29.5 Å². The number of hydrogen-bond donors (Lipinski definition) is 2. The monoisotopic (exact) mass is 405 g/mol. The van der Waals surface area contributed by atoms with E-state index in [0.717, 1.165) is 28.3 Å². The predicted octanol–water partition coefficient (Wildman–Crippen LogP) is 5.93. The topological polar surface area (TPSA) is 58.6 Å². The van der Waals surface area contributed by atoms with Gasteiger partial charge in [-0.2, -0.15) is 0 Å². The minimum Gasteiger partial charge on any atom is -0.513 e. The van der Waals surface area contributed by atoms with E-state index in [4.69, 9.17) is 16.7 Å². The summed E-state index contributed by atoms with van der Waals surface area (Å²) in [6.45, 7) is 0.703. The third-order valence-corrected chi connectivity index (χ3v) is 4.97. The molecule has 144 valence electrons. The molecule has 3 rings (SSSR count). The van der Waals surface area contributed by atoms with E-state index in [1.54, 1.807) is 12.1 Å². The summed E-state index contributed by atoms with van der Waals surface area (Å²) in [6, 6.07) is 15.0. The molecule has 2 aromatic rings. The standard InChI is InChI=1S/C15H14ClNO2S.C6H10O/c1-19-15(18)12-4-2-11(3-5-12)10-17-20-14-8-6-13(16)7-9-14;7-6-4-2-1-3-5-6/h2-9,17H,10H2,1H3;4,7H,1-3,5H2. The molecule has 0 saturated heterocycles. The van der Waals surface area contributed by atoms with Crippen LogP contribution in [0.5, 0.6) is 0 Å². The van der Waals surface area contributed by atoms with Crippen molar-refractivity contribution in [1.82, 2.24) is 4.72 Å². The lowest BCUT2D eigenvalue weighted by atomic mass is 10.1. The van der Waals surface area contributed by atoms with Crippen LogP contribution in [0.1, 0.15) is 41.6 Å². The molecular formula is C21H24ClNO3S. The van der Waals surface area contributed by atoms with Gasteiger partial charge in [-0.1, -0.05) is 23.7 Å². The molecule has 0 unspecified atom stereocenters. The van der Waals surface area contributed by atoms with Gasteiger partial charge in [0.15, 0.2) is 0 Å². The molecule has 0 spiro atoms. The summed E-state index contributed by atoms with van der Waals surface area (Å²) < 4.78 is 7.91. The fourth-order valence-corrected chi connectivity index (χ4v) is 3.21. The number of aliphatic hydroxyl groups is 1. The van der Waals surface area contributed by atoms with Crippen LogP contribution in [-0.4, -0.2) is 18.2 Å². The van der Waals surface area contributed by atoms with Crippen molar-refractivity contribution in [2.24, 2.45) is 0 Å². The zero-order valence-electron chi connectivity index (χ0n) is 15.3. The van der Waals surface area contributed by atoms with Crippen LogP contribution in [0.25, 0.3) is 0 Å². The number of allylic oxidation sites excluding steroid dienone is 2. The van der Waals surface area contributed by atoms with Gasteiger partial charge in [0.1, 0.15) is 0 Å². The molecular weight excluding hydrogens is 382 g/mol. The Labute approximate surface area is 169 Å². The zero-order chi connectivity index (χ0) is 19.5. The van der Waals surface area contributed by atoms with Crippen molar-refractivity contribution in [3.63, 3.8) is 0 Å². The van der Waals surface area contributed by atoms with Gasteiger partial charge in [0, 0.05) is 22.9 Å². The zero-order valence-corrected chi connectivity index (χ0v) is 16.9. The lowest BCUT2D eigenvalue weighted by Crippen LogP contribution is -2.04. The number of benzene rings is 2. The van der Waals surface area contributed by atoms with E-state index in [1.165, 1.54) is 31.9 Å². The number of hydrogen-bond acceptors (Lipinski definition) is 5. The van der Waals surface area contributed by atoms with E-state index in [0.29, 0.717) is 17.9 Å². The summed E-state index contributed by atoms with van der Waals surface area (Å²) in [5.74, 6) is 0.270. The number of rotatable bonds is 5. The van der Waals surface area contributed by atoms with Crippen LogP contribution >= 0.6 is 23.5 Å². The second kappa shape index (κ2) is 11.7. The third kappa shape index (κ3) is 8.08. The number of ether oxygens (including phenoxy) is 1. The summed E-state index contributed by atoms with van der Waals surface area (Å²) in [5, 5.41) is 9.50. The second-order valence-corrected chi connectivity index (χ2v) is 7.41. The Balaban J connectivity index is 0.000000313. The van der Waals surface area contributed by atoms with Gasteiger partial charge < -0.3 is 9.84 Å². The molecule has 0 heterocycles. The Morgan fingerprint density at radius 2 is 1.85 bits per heavy atom. The highest BCUT2D eigenvalue weighted by Gasteiger charge is 2.04. The maximum atomic E-state index is 11.3. The Morgan fingerprint density at radius 1 is 1.15 bits per heavy atom. The van der Waals surface area contributed by atoms with Gasteiger partial charge >= 0.3 is 5.97 Å². The quantitative estimate of drug-likeness (QED) is 0.477. The molecule has 6 heteroatoms. The van der Waals surface area contributed by atoms with Gasteiger partial charge in [0.25, 0.3) is 0 Å². The number of methoxy groups -OCH3 is 1. The SMILES string of the molecule is COC(=O)c1ccc(CNSc2ccc(Cl)cc2)cc1.OC1=CCCCC1. The van der Waals surface area contributed by atoms with Crippen LogP contribution in [0.4, 0.5) is 0 Å². The minimum atomic E-state index is -0.319. The van der Waals surface area contributed by atoms with Crippen molar-refractivity contribution < 1.29 is 14.6 Å². The van der Waals surface area contributed by atoms with Crippen molar-refractivity contribution in [3.05, 3.63) is 76.5 Å². The van der Waals surface area contributed by atoms with Crippen LogP contribution in [-0.2, 0) is 11.3 Å². The third-order valence-electron chi connectivity index (χ3n) is 3.92. The molecule has 0 saturated carbocycles. The number of esters is 1. The molecule has 2 N–H and O–H groups in total. The number of carbonyl (C=O) groups excluding carboxylic acids is 1. The summed E-state index contributed by atoms with van der Waals surface area (Å²) >= 11 is 7.37. The molecule has 1 aliphatic carbocycles. The normalized spacial score (nSPS) is 13.2. The maximum Gasteiger partial charge on any atom is 0.337 e. The molecule has 0 fully saturated rings. The average molecular weight is 406 g/mol. The van der Waals surface area contributed by atoms with E-state index in [9.17, 15) is 4.79 Å². The first-order valence-corrected chi connectivity index (χ1v) is 9.98. The Morgan fingerprint density at radius 3 is 2.37 bits per heavy atom. The van der Waals surface area contributed by atoms with E-state index < -0.39 is 0 Å². The summed E-state index contributed by atoms with van der Waals surface area (Å²) in [6.07, 6.45) is 6.31. The van der Waals surface area contributed by atoms with Gasteiger partial charge in [-0.25, -0.2) is 4.79 Å². The van der Waals surface area contributed by atoms with Gasteiger partial charge in [-0.05, 0) is 79.2 Å². The fraction of sp³-hybridized carbons (Fsp3) is 0.286. The number of carbonyl (C=O) groups is 1. The Bertz CT molecular complexity index is 745. The van der Waals surface area contributed by atoms with Gasteiger partial charge in [-0.15, -0.1) is 0 Å². The summed E-state index contributed by atoms with van der Waals surface area (Å²) in [4.78, 5) is 12.4. The summed E-state index contributed by atoms with van der Waals surface area (Å²) in [7, 11) is 1.38. The molecule has 1 aliphatic rings. The second-order valence-electron chi connectivity index (χ2n) is 6.01. The first kappa shape index (κ1) is 21.4. The Hall–Kier alpha value is -1.95. The lowest BCUT2D eigenvalue weighted by molar-refractivity contribution is 0.0600. The van der Waals surface area contributed by atoms with E-state index >= 15 is 0 Å². The molecule has 0 aromatic heterocycles. The van der Waals surface area contributed by atoms with Gasteiger partial charge in [-0.3, -0.25) is 4.72 Å². The van der Waals surface area contributed by atoms with Crippen molar-refractivity contribution in [2.75, 3.05) is 7.11 Å². The van der Waals surface area contributed by atoms with Crippen molar-refractivity contribution in [1.29, 1.82) is 0 Å². The largest absolute Gasteiger partial charge is 0.513 e. The van der Waals surface area contributed by atoms with E-state index in [1.807, 2.05) is 42.5 Å². The molecule has 0 amide bonds. The highest BCUT2D eigenvalue weighted by molar-refractivity contribution is 7.97. The predicted molar refractivity (Wildman–Crippen MR) is 111 cm³/mol. The van der Waals surface area contributed by atoms with Gasteiger partial charge in [0.2, 0.25) is 0 Å². The average Bonchev–Trinajstić information content (AvgIpc) is 2.70. The molecule has 27 heavy (non-hydrogen) atoms. The lowest BCUT2D eigenvalue weighted by Gasteiger charge is -2.05. The summed E-state index contributed by atoms with van der Waals surface area (Å²) in [5.41, 5.74) is 1.65. The van der Waals surface area contributed by atoms with Gasteiger partial charge in [0.05, 0.1) is 18.4 Å². The molecule has 0 aliphatic heterocycles. The molecule has 4 nitrogen and oxygen atoms in total. The highest BCUT2D eigenvalue weighted by Crippen LogP contribution is 2.18. The van der Waals surface area contributed by atoms with Crippen molar-refractivity contribution in [2.45, 2.75) is 37.1 Å². The Kier molecular flexibility index (Phi) is 9.25. The minimum absolute atomic E-state index is 0.319. The molecule has 0 atom stereocenters. The van der Waals surface area contributed by atoms with Crippen LogP contribution in [0, 0.1) is 0 Å². The maximum absolute atomic E-state index is 11.3. The molecule has 2 aromatic carbocycles. The van der Waals surface area contributed by atoms with Crippen LogP contribution < -0.4 is 4.72 Å². The first-order valence-electron chi connectivity index (χ1n) is 8.79. The molecule has 0 radical (unpaired) electrons. The van der Waals surface area contributed by atoms with Crippen molar-refractivity contribution in [3.8, 4) is 0 Å². The van der Waals surface area contributed by atoms with E-state index in [-0.39, 0.29) is 5.97 Å².